The van der Waals surface area contributed by atoms with Crippen LogP contribution in [-0.2, 0) is 6.54 Å². The van der Waals surface area contributed by atoms with Gasteiger partial charge in [0.15, 0.2) is 0 Å². The third-order valence-electron chi connectivity index (χ3n) is 3.38. The van der Waals surface area contributed by atoms with Crippen molar-refractivity contribution >= 4 is 17.3 Å². The molecule has 0 aliphatic heterocycles. The quantitative estimate of drug-likeness (QED) is 0.839. The molecule has 0 heterocycles. The largest absolute Gasteiger partial charge is 0.492 e. The van der Waals surface area contributed by atoms with E-state index in [0.29, 0.717) is 11.6 Å². The lowest BCUT2D eigenvalue weighted by atomic mass is 10.1. The topological polar surface area (TPSA) is 21.3 Å². The minimum atomic E-state index is 0.625. The summed E-state index contributed by atoms with van der Waals surface area (Å²) in [5.41, 5.74) is 4.87. The molecule has 2 aromatic carbocycles. The van der Waals surface area contributed by atoms with Crippen LogP contribution in [0.1, 0.15) is 23.6 Å². The molecule has 0 spiro atoms. The maximum atomic E-state index is 6.19. The molecule has 0 unspecified atom stereocenters. The molecule has 0 atom stereocenters. The molecule has 0 aromatic heterocycles. The average Bonchev–Trinajstić information content (AvgIpc) is 2.43. The van der Waals surface area contributed by atoms with Gasteiger partial charge in [0.25, 0.3) is 0 Å². The SMILES string of the molecule is CCOc1ccc(CNc2cccc(C)c2C)cc1Cl. The Kier molecular flexibility index (Phi) is 4.91. The molecule has 0 saturated carbocycles. The Morgan fingerprint density at radius 1 is 1.15 bits per heavy atom. The van der Waals surface area contributed by atoms with Gasteiger partial charge in [-0.1, -0.05) is 29.8 Å². The van der Waals surface area contributed by atoms with Crippen molar-refractivity contribution < 1.29 is 4.74 Å². The van der Waals surface area contributed by atoms with Crippen molar-refractivity contribution in [1.82, 2.24) is 0 Å². The van der Waals surface area contributed by atoms with Gasteiger partial charge in [-0.2, -0.15) is 0 Å². The summed E-state index contributed by atoms with van der Waals surface area (Å²) >= 11 is 6.19. The van der Waals surface area contributed by atoms with Crippen LogP contribution in [0.2, 0.25) is 5.02 Å². The lowest BCUT2D eigenvalue weighted by Crippen LogP contribution is -2.02. The van der Waals surface area contributed by atoms with E-state index in [1.165, 1.54) is 11.1 Å². The van der Waals surface area contributed by atoms with Crippen molar-refractivity contribution in [2.24, 2.45) is 0 Å². The van der Waals surface area contributed by atoms with Crippen molar-refractivity contribution in [3.63, 3.8) is 0 Å². The molecule has 2 rings (SSSR count). The zero-order chi connectivity index (χ0) is 14.5. The molecule has 1 N–H and O–H groups in total. The third-order valence-corrected chi connectivity index (χ3v) is 3.68. The van der Waals surface area contributed by atoms with Crippen LogP contribution in [0, 0.1) is 13.8 Å². The number of rotatable bonds is 5. The fourth-order valence-electron chi connectivity index (χ4n) is 2.07. The smallest absolute Gasteiger partial charge is 0.137 e. The highest BCUT2D eigenvalue weighted by atomic mass is 35.5. The van der Waals surface area contributed by atoms with E-state index < -0.39 is 0 Å². The first-order chi connectivity index (χ1) is 9.61. The predicted molar refractivity (Wildman–Crippen MR) is 85.9 cm³/mol. The van der Waals surface area contributed by atoms with Crippen molar-refractivity contribution in [2.75, 3.05) is 11.9 Å². The molecule has 0 amide bonds. The van der Waals surface area contributed by atoms with Crippen LogP contribution in [0.25, 0.3) is 0 Å². The van der Waals surface area contributed by atoms with E-state index in [4.69, 9.17) is 16.3 Å². The number of hydrogen-bond acceptors (Lipinski definition) is 2. The summed E-state index contributed by atoms with van der Waals surface area (Å²) in [4.78, 5) is 0. The maximum absolute atomic E-state index is 6.19. The molecule has 20 heavy (non-hydrogen) atoms. The summed E-state index contributed by atoms with van der Waals surface area (Å²) in [5.74, 6) is 0.740. The molecule has 2 nitrogen and oxygen atoms in total. The predicted octanol–water partition coefficient (Wildman–Crippen LogP) is 4.97. The second-order valence-electron chi connectivity index (χ2n) is 4.80. The summed E-state index contributed by atoms with van der Waals surface area (Å²) in [6.07, 6.45) is 0. The molecule has 0 fully saturated rings. The monoisotopic (exact) mass is 289 g/mol. The highest BCUT2D eigenvalue weighted by Gasteiger charge is 2.04. The fraction of sp³-hybridized carbons (Fsp3) is 0.294. The molecule has 0 aliphatic carbocycles. The Labute approximate surface area is 125 Å². The van der Waals surface area contributed by atoms with Gasteiger partial charge in [0.05, 0.1) is 11.6 Å². The Morgan fingerprint density at radius 3 is 2.65 bits per heavy atom. The van der Waals surface area contributed by atoms with E-state index in [0.717, 1.165) is 23.5 Å². The molecule has 0 saturated heterocycles. The lowest BCUT2D eigenvalue weighted by molar-refractivity contribution is 0.340. The van der Waals surface area contributed by atoms with Crippen LogP contribution in [0.5, 0.6) is 5.75 Å². The van der Waals surface area contributed by atoms with Crippen LogP contribution >= 0.6 is 11.6 Å². The Balaban J connectivity index is 2.07. The van der Waals surface area contributed by atoms with Gasteiger partial charge in [-0.3, -0.25) is 0 Å². The molecule has 0 radical (unpaired) electrons. The van der Waals surface area contributed by atoms with Gasteiger partial charge in [-0.05, 0) is 55.7 Å². The van der Waals surface area contributed by atoms with Crippen LogP contribution in [-0.4, -0.2) is 6.61 Å². The number of hydrogen-bond donors (Lipinski definition) is 1. The van der Waals surface area contributed by atoms with Gasteiger partial charge in [0.1, 0.15) is 5.75 Å². The Hall–Kier alpha value is -1.67. The van der Waals surface area contributed by atoms with E-state index in [-0.39, 0.29) is 0 Å². The average molecular weight is 290 g/mol. The maximum Gasteiger partial charge on any atom is 0.137 e. The van der Waals surface area contributed by atoms with E-state index in [2.05, 4.69) is 37.4 Å². The highest BCUT2D eigenvalue weighted by Crippen LogP contribution is 2.26. The Morgan fingerprint density at radius 2 is 1.95 bits per heavy atom. The summed E-state index contributed by atoms with van der Waals surface area (Å²) < 4.78 is 5.44. The van der Waals surface area contributed by atoms with Crippen molar-refractivity contribution in [3.8, 4) is 5.75 Å². The van der Waals surface area contributed by atoms with E-state index in [1.54, 1.807) is 0 Å². The van der Waals surface area contributed by atoms with Crippen LogP contribution in [0.4, 0.5) is 5.69 Å². The number of benzene rings is 2. The van der Waals surface area contributed by atoms with Gasteiger partial charge < -0.3 is 10.1 Å². The normalized spacial score (nSPS) is 10.4. The first-order valence-corrected chi connectivity index (χ1v) is 7.21. The summed E-state index contributed by atoms with van der Waals surface area (Å²) in [6, 6.07) is 12.2. The summed E-state index contributed by atoms with van der Waals surface area (Å²) in [5, 5.41) is 4.11. The number of anilines is 1. The highest BCUT2D eigenvalue weighted by molar-refractivity contribution is 6.32. The van der Waals surface area contributed by atoms with Gasteiger partial charge in [-0.25, -0.2) is 0 Å². The lowest BCUT2D eigenvalue weighted by Gasteiger charge is -2.12. The van der Waals surface area contributed by atoms with Crippen LogP contribution < -0.4 is 10.1 Å². The standard InChI is InChI=1S/C17H20ClNO/c1-4-20-17-9-8-14(10-15(17)18)11-19-16-7-5-6-12(2)13(16)3/h5-10,19H,4,11H2,1-3H3. The molecular formula is C17H20ClNO. The molecule has 0 bridgehead atoms. The molecule has 3 heteroatoms. The van der Waals surface area contributed by atoms with E-state index in [1.807, 2.05) is 25.1 Å². The minimum Gasteiger partial charge on any atom is -0.492 e. The third kappa shape index (κ3) is 3.45. The van der Waals surface area contributed by atoms with Crippen LogP contribution in [0.15, 0.2) is 36.4 Å². The molecular weight excluding hydrogens is 270 g/mol. The Bertz CT molecular complexity index is 596. The van der Waals surface area contributed by atoms with Crippen molar-refractivity contribution in [3.05, 3.63) is 58.1 Å². The van der Waals surface area contributed by atoms with Crippen molar-refractivity contribution in [1.29, 1.82) is 0 Å². The van der Waals surface area contributed by atoms with Gasteiger partial charge >= 0.3 is 0 Å². The van der Waals surface area contributed by atoms with Gasteiger partial charge in [-0.15, -0.1) is 0 Å². The minimum absolute atomic E-state index is 0.625. The molecule has 106 valence electrons. The summed E-state index contributed by atoms with van der Waals surface area (Å²) in [6.45, 7) is 7.57. The zero-order valence-corrected chi connectivity index (χ0v) is 12.9. The first kappa shape index (κ1) is 14.7. The second kappa shape index (κ2) is 6.67. The first-order valence-electron chi connectivity index (χ1n) is 6.83. The van der Waals surface area contributed by atoms with Crippen molar-refractivity contribution in [2.45, 2.75) is 27.3 Å². The van der Waals surface area contributed by atoms with Crippen LogP contribution in [0.3, 0.4) is 0 Å². The van der Waals surface area contributed by atoms with Gasteiger partial charge in [0, 0.05) is 12.2 Å². The number of nitrogens with one attached hydrogen (secondary N) is 1. The van der Waals surface area contributed by atoms with E-state index >= 15 is 0 Å². The molecule has 2 aromatic rings. The van der Waals surface area contributed by atoms with E-state index in [9.17, 15) is 0 Å². The number of aryl methyl sites for hydroxylation is 1. The number of halogens is 1. The number of ether oxygens (including phenoxy) is 1. The van der Waals surface area contributed by atoms with Gasteiger partial charge in [0.2, 0.25) is 0 Å². The molecule has 0 aliphatic rings. The second-order valence-corrected chi connectivity index (χ2v) is 5.21. The zero-order valence-electron chi connectivity index (χ0n) is 12.2. The summed E-state index contributed by atoms with van der Waals surface area (Å²) in [7, 11) is 0. The fourth-order valence-corrected chi connectivity index (χ4v) is 2.32.